The Morgan fingerprint density at radius 2 is 1.69 bits per heavy atom. The number of hydrogen-bond acceptors (Lipinski definition) is 7. The number of anilines is 1. The van der Waals surface area contributed by atoms with Crippen LogP contribution in [0, 0.1) is 5.82 Å². The van der Waals surface area contributed by atoms with E-state index < -0.39 is 5.82 Å². The molecule has 2 aromatic heterocycles. The summed E-state index contributed by atoms with van der Waals surface area (Å²) in [5, 5.41) is 0.366. The molecule has 0 bridgehead atoms. The van der Waals surface area contributed by atoms with Crippen LogP contribution in [0.5, 0.6) is 17.2 Å². The van der Waals surface area contributed by atoms with E-state index in [0.29, 0.717) is 58.2 Å². The molecule has 7 nitrogen and oxygen atoms in total. The molecule has 0 saturated heterocycles. The monoisotopic (exact) mass is 495 g/mol. The van der Waals surface area contributed by atoms with E-state index in [0.717, 1.165) is 0 Å². The van der Waals surface area contributed by atoms with Crippen LogP contribution >= 0.6 is 11.3 Å². The number of rotatable bonds is 10. The van der Waals surface area contributed by atoms with E-state index in [9.17, 15) is 9.18 Å². The van der Waals surface area contributed by atoms with E-state index in [4.69, 9.17) is 14.2 Å². The minimum Gasteiger partial charge on any atom is -0.490 e. The van der Waals surface area contributed by atoms with E-state index in [1.807, 2.05) is 32.9 Å². The third-order valence-corrected chi connectivity index (χ3v) is 6.08. The van der Waals surface area contributed by atoms with Crippen LogP contribution in [-0.2, 0) is 6.54 Å². The molecule has 182 valence electrons. The van der Waals surface area contributed by atoms with Gasteiger partial charge in [-0.3, -0.25) is 14.7 Å². The van der Waals surface area contributed by atoms with Gasteiger partial charge in [0.05, 0.1) is 36.8 Å². The van der Waals surface area contributed by atoms with Gasteiger partial charge in [0.1, 0.15) is 11.3 Å². The Morgan fingerprint density at radius 1 is 0.971 bits per heavy atom. The summed E-state index contributed by atoms with van der Waals surface area (Å²) >= 11 is 1.24. The molecule has 0 spiro atoms. The third-order valence-electron chi connectivity index (χ3n) is 5.04. The maximum absolute atomic E-state index is 14.4. The fourth-order valence-corrected chi connectivity index (χ4v) is 4.54. The molecular formula is C26H26FN3O4S. The fourth-order valence-electron chi connectivity index (χ4n) is 3.57. The van der Waals surface area contributed by atoms with Gasteiger partial charge in [-0.25, -0.2) is 9.37 Å². The summed E-state index contributed by atoms with van der Waals surface area (Å²) in [6.45, 7) is 6.92. The van der Waals surface area contributed by atoms with Crippen molar-refractivity contribution >= 4 is 32.6 Å². The van der Waals surface area contributed by atoms with Gasteiger partial charge in [-0.15, -0.1) is 0 Å². The van der Waals surface area contributed by atoms with Gasteiger partial charge in [-0.05, 0) is 57.2 Å². The smallest absolute Gasteiger partial charge is 0.260 e. The molecule has 0 saturated carbocycles. The lowest BCUT2D eigenvalue weighted by Crippen LogP contribution is -2.30. The zero-order valence-electron chi connectivity index (χ0n) is 19.8. The quantitative estimate of drug-likeness (QED) is 0.274. The highest BCUT2D eigenvalue weighted by molar-refractivity contribution is 7.22. The minimum atomic E-state index is -0.437. The van der Waals surface area contributed by atoms with Crippen molar-refractivity contribution in [3.63, 3.8) is 0 Å². The van der Waals surface area contributed by atoms with Gasteiger partial charge in [-0.1, -0.05) is 23.5 Å². The lowest BCUT2D eigenvalue weighted by molar-refractivity contribution is 0.0983. The maximum atomic E-state index is 14.4. The van der Waals surface area contributed by atoms with Crippen molar-refractivity contribution in [3.8, 4) is 17.2 Å². The second-order valence-corrected chi connectivity index (χ2v) is 8.41. The predicted molar refractivity (Wildman–Crippen MR) is 134 cm³/mol. The molecule has 0 aliphatic carbocycles. The van der Waals surface area contributed by atoms with Gasteiger partial charge >= 0.3 is 0 Å². The average molecular weight is 496 g/mol. The Bertz CT molecular complexity index is 1290. The number of pyridine rings is 1. The molecule has 35 heavy (non-hydrogen) atoms. The van der Waals surface area contributed by atoms with Gasteiger partial charge in [0.25, 0.3) is 5.91 Å². The number of benzene rings is 2. The van der Waals surface area contributed by atoms with Crippen LogP contribution in [-0.4, -0.2) is 35.7 Å². The summed E-state index contributed by atoms with van der Waals surface area (Å²) in [7, 11) is 0. The predicted octanol–water partition coefficient (Wildman–Crippen LogP) is 5.87. The first-order valence-corrected chi connectivity index (χ1v) is 12.2. The standard InChI is InChI=1S/C26H26FN3O4S/c1-4-32-20-14-17(15-21(33-5-2)24(20)34-6-3)25(31)30(16-18-10-7-8-13-28-18)26-29-23-19(27)11-9-12-22(23)35-26/h7-15H,4-6,16H2,1-3H3. The Balaban J connectivity index is 1.82. The number of thiazole rings is 1. The average Bonchev–Trinajstić information content (AvgIpc) is 3.30. The van der Waals surface area contributed by atoms with Crippen LogP contribution in [0.1, 0.15) is 36.8 Å². The summed E-state index contributed by atoms with van der Waals surface area (Å²) in [5.74, 6) is 0.494. The zero-order chi connectivity index (χ0) is 24.8. The number of ether oxygens (including phenoxy) is 3. The van der Waals surface area contributed by atoms with Crippen LogP contribution in [0.4, 0.5) is 9.52 Å². The molecule has 0 aliphatic heterocycles. The van der Waals surface area contributed by atoms with E-state index >= 15 is 0 Å². The number of amides is 1. The first-order chi connectivity index (χ1) is 17.0. The van der Waals surface area contributed by atoms with Gasteiger partial charge in [0.15, 0.2) is 16.6 Å². The van der Waals surface area contributed by atoms with E-state index in [1.54, 1.807) is 36.5 Å². The lowest BCUT2D eigenvalue weighted by atomic mass is 10.1. The number of hydrogen-bond donors (Lipinski definition) is 0. The largest absolute Gasteiger partial charge is 0.490 e. The van der Waals surface area contributed by atoms with Gasteiger partial charge < -0.3 is 14.2 Å². The van der Waals surface area contributed by atoms with E-state index in [1.165, 1.54) is 22.3 Å². The molecule has 1 amide bonds. The first kappa shape index (κ1) is 24.4. The number of carbonyl (C=O) groups is 1. The molecular weight excluding hydrogens is 469 g/mol. The number of aromatic nitrogens is 2. The normalized spacial score (nSPS) is 10.9. The molecule has 0 radical (unpaired) electrons. The molecule has 0 N–H and O–H groups in total. The Hall–Kier alpha value is -3.72. The second kappa shape index (κ2) is 11.1. The van der Waals surface area contributed by atoms with Gasteiger partial charge in [0, 0.05) is 11.8 Å². The molecule has 0 aliphatic rings. The van der Waals surface area contributed by atoms with Gasteiger partial charge in [-0.2, -0.15) is 0 Å². The van der Waals surface area contributed by atoms with Crippen LogP contribution < -0.4 is 19.1 Å². The van der Waals surface area contributed by atoms with Crippen molar-refractivity contribution in [2.75, 3.05) is 24.7 Å². The Kier molecular flexibility index (Phi) is 7.77. The van der Waals surface area contributed by atoms with Crippen molar-refractivity contribution in [2.24, 2.45) is 0 Å². The number of para-hydroxylation sites is 1. The van der Waals surface area contributed by atoms with Crippen LogP contribution in [0.15, 0.2) is 54.7 Å². The number of carbonyl (C=O) groups excluding carboxylic acids is 1. The highest BCUT2D eigenvalue weighted by Crippen LogP contribution is 2.40. The minimum absolute atomic E-state index is 0.155. The number of nitrogens with zero attached hydrogens (tertiary/aromatic N) is 3. The van der Waals surface area contributed by atoms with Crippen molar-refractivity contribution in [1.29, 1.82) is 0 Å². The Morgan fingerprint density at radius 3 is 2.29 bits per heavy atom. The highest BCUT2D eigenvalue weighted by Gasteiger charge is 2.26. The molecule has 4 aromatic rings. The highest BCUT2D eigenvalue weighted by atomic mass is 32.1. The molecule has 0 atom stereocenters. The first-order valence-electron chi connectivity index (χ1n) is 11.4. The van der Waals surface area contributed by atoms with Gasteiger partial charge in [0.2, 0.25) is 5.75 Å². The topological polar surface area (TPSA) is 73.8 Å². The summed E-state index contributed by atoms with van der Waals surface area (Å²) in [6, 6.07) is 13.5. The second-order valence-electron chi connectivity index (χ2n) is 7.40. The maximum Gasteiger partial charge on any atom is 0.260 e. The summed E-state index contributed by atoms with van der Waals surface area (Å²) in [5.41, 5.74) is 1.22. The van der Waals surface area contributed by atoms with Crippen molar-refractivity contribution in [2.45, 2.75) is 27.3 Å². The van der Waals surface area contributed by atoms with E-state index in [2.05, 4.69) is 9.97 Å². The summed E-state index contributed by atoms with van der Waals surface area (Å²) < 4.78 is 32.4. The third kappa shape index (κ3) is 5.35. The molecule has 0 fully saturated rings. The number of halogens is 1. The van der Waals surface area contributed by atoms with Crippen molar-refractivity contribution in [1.82, 2.24) is 9.97 Å². The lowest BCUT2D eigenvalue weighted by Gasteiger charge is -2.22. The fraction of sp³-hybridized carbons (Fsp3) is 0.269. The van der Waals surface area contributed by atoms with Crippen molar-refractivity contribution < 1.29 is 23.4 Å². The molecule has 9 heteroatoms. The Labute approximate surface area is 207 Å². The molecule has 2 heterocycles. The summed E-state index contributed by atoms with van der Waals surface area (Å²) in [6.07, 6.45) is 1.66. The molecule has 2 aromatic carbocycles. The van der Waals surface area contributed by atoms with Crippen LogP contribution in [0.25, 0.3) is 10.2 Å². The summed E-state index contributed by atoms with van der Waals surface area (Å²) in [4.78, 5) is 24.2. The molecule has 4 rings (SSSR count). The zero-order valence-corrected chi connectivity index (χ0v) is 20.6. The molecule has 0 unspecified atom stereocenters. The van der Waals surface area contributed by atoms with Crippen LogP contribution in [0.3, 0.4) is 0 Å². The number of fused-ring (bicyclic) bond motifs is 1. The van der Waals surface area contributed by atoms with E-state index in [-0.39, 0.29) is 18.0 Å². The SMILES string of the molecule is CCOc1cc(C(=O)N(Cc2ccccn2)c2nc3c(F)cccc3s2)cc(OCC)c1OCC. The van der Waals surface area contributed by atoms with Crippen molar-refractivity contribution in [3.05, 3.63) is 71.8 Å². The van der Waals surface area contributed by atoms with Crippen LogP contribution in [0.2, 0.25) is 0 Å².